The van der Waals surface area contributed by atoms with E-state index in [2.05, 4.69) is 0 Å². The molecule has 0 aromatic heterocycles. The molecular weight excluding hydrogens is 241 g/mol. The highest BCUT2D eigenvalue weighted by Gasteiger charge is 2.38. The molecule has 0 amide bonds. The molecule has 2 nitrogen and oxygen atoms in total. The van der Waals surface area contributed by atoms with Gasteiger partial charge in [-0.1, -0.05) is 51.1 Å². The summed E-state index contributed by atoms with van der Waals surface area (Å²) < 4.78 is 13.5. The second kappa shape index (κ2) is 5.41. The molecule has 19 heavy (non-hydrogen) atoms. The summed E-state index contributed by atoms with van der Waals surface area (Å²) in [6.07, 6.45) is -0.278. The number of hydrogen-bond donors (Lipinski definition) is 0. The van der Waals surface area contributed by atoms with Crippen LogP contribution in [0.1, 0.15) is 38.8 Å². The lowest BCUT2D eigenvalue weighted by molar-refractivity contribution is -0.131. The van der Waals surface area contributed by atoms with Gasteiger partial charge in [0.1, 0.15) is 6.17 Å². The molecule has 1 aromatic rings. The van der Waals surface area contributed by atoms with Crippen molar-refractivity contribution >= 4 is 5.78 Å². The van der Waals surface area contributed by atoms with Crippen LogP contribution in [0.2, 0.25) is 0 Å². The van der Waals surface area contributed by atoms with Crippen LogP contribution in [0.15, 0.2) is 30.3 Å². The number of ketones is 1. The Labute approximate surface area is 114 Å². The van der Waals surface area contributed by atoms with E-state index in [9.17, 15) is 9.18 Å². The number of rotatable bonds is 3. The first kappa shape index (κ1) is 14.2. The molecular formula is C16H22FNO. The first-order valence-corrected chi connectivity index (χ1v) is 6.87. The second-order valence-corrected chi connectivity index (χ2v) is 6.31. The van der Waals surface area contributed by atoms with E-state index in [0.717, 1.165) is 5.56 Å². The Morgan fingerprint density at radius 3 is 2.42 bits per heavy atom. The van der Waals surface area contributed by atoms with E-state index in [-0.39, 0.29) is 11.8 Å². The van der Waals surface area contributed by atoms with Gasteiger partial charge in [-0.15, -0.1) is 0 Å². The molecule has 1 fully saturated rings. The van der Waals surface area contributed by atoms with Crippen LogP contribution in [0.4, 0.5) is 4.39 Å². The van der Waals surface area contributed by atoms with E-state index in [1.165, 1.54) is 0 Å². The predicted molar refractivity (Wildman–Crippen MR) is 74.7 cm³/mol. The molecule has 3 heteroatoms. The minimum absolute atomic E-state index is 0.160. The minimum atomic E-state index is -0.806. The summed E-state index contributed by atoms with van der Waals surface area (Å²) in [6.45, 7) is 6.79. The maximum Gasteiger partial charge on any atom is 0.159 e. The zero-order chi connectivity index (χ0) is 14.0. The van der Waals surface area contributed by atoms with E-state index in [0.29, 0.717) is 19.5 Å². The minimum Gasteiger partial charge on any atom is -0.297 e. The molecule has 104 valence electrons. The Bertz CT molecular complexity index is 438. The van der Waals surface area contributed by atoms with Crippen molar-refractivity contribution in [3.05, 3.63) is 35.9 Å². The lowest BCUT2D eigenvalue weighted by Gasteiger charge is -2.31. The van der Waals surface area contributed by atoms with Crippen molar-refractivity contribution in [1.29, 1.82) is 0 Å². The number of carbonyl (C=O) groups is 1. The molecule has 0 radical (unpaired) electrons. The van der Waals surface area contributed by atoms with E-state index >= 15 is 0 Å². The highest BCUT2D eigenvalue weighted by atomic mass is 19.1. The van der Waals surface area contributed by atoms with Gasteiger partial charge in [-0.25, -0.2) is 4.39 Å². The number of benzene rings is 1. The summed E-state index contributed by atoms with van der Waals surface area (Å²) in [5.74, 6) is 0.160. The van der Waals surface area contributed by atoms with Gasteiger partial charge in [0.2, 0.25) is 0 Å². The molecule has 2 rings (SSSR count). The average molecular weight is 263 g/mol. The number of halogens is 1. The number of Topliss-reactive ketones (excluding diaryl/α,β-unsaturated/α-hetero) is 1. The summed E-state index contributed by atoms with van der Waals surface area (Å²) >= 11 is 0. The Balaban J connectivity index is 2.31. The summed E-state index contributed by atoms with van der Waals surface area (Å²) in [5, 5.41) is 0. The molecule has 0 N–H and O–H groups in total. The number of nitrogens with zero attached hydrogens (tertiary/aromatic N) is 1. The topological polar surface area (TPSA) is 20.3 Å². The first-order chi connectivity index (χ1) is 8.89. The van der Waals surface area contributed by atoms with Crippen LogP contribution in [-0.4, -0.2) is 29.9 Å². The monoisotopic (exact) mass is 263 g/mol. The highest BCUT2D eigenvalue weighted by molar-refractivity contribution is 5.89. The van der Waals surface area contributed by atoms with Crippen molar-refractivity contribution in [1.82, 2.24) is 4.90 Å². The molecule has 0 saturated carbocycles. The van der Waals surface area contributed by atoms with Gasteiger partial charge in [-0.05, 0) is 12.0 Å². The third-order valence-electron chi connectivity index (χ3n) is 3.63. The molecule has 0 spiro atoms. The molecule has 1 aliphatic heterocycles. The van der Waals surface area contributed by atoms with Crippen molar-refractivity contribution < 1.29 is 9.18 Å². The van der Waals surface area contributed by atoms with Crippen molar-refractivity contribution in [3.8, 4) is 0 Å². The summed E-state index contributed by atoms with van der Waals surface area (Å²) in [5.41, 5.74) is 0.547. The highest BCUT2D eigenvalue weighted by Crippen LogP contribution is 2.33. The van der Waals surface area contributed by atoms with Crippen LogP contribution in [0.5, 0.6) is 0 Å². The van der Waals surface area contributed by atoms with Gasteiger partial charge < -0.3 is 0 Å². The van der Waals surface area contributed by atoms with Crippen molar-refractivity contribution in [3.63, 3.8) is 0 Å². The van der Waals surface area contributed by atoms with Crippen LogP contribution < -0.4 is 0 Å². The predicted octanol–water partition coefficient (Wildman–Crippen LogP) is 3.39. The van der Waals surface area contributed by atoms with Crippen LogP contribution in [0, 0.1) is 5.41 Å². The summed E-state index contributed by atoms with van der Waals surface area (Å²) in [4.78, 5) is 14.7. The van der Waals surface area contributed by atoms with Gasteiger partial charge in [-0.2, -0.15) is 0 Å². The number of alkyl halides is 1. The van der Waals surface area contributed by atoms with Gasteiger partial charge in [-0.3, -0.25) is 9.69 Å². The largest absolute Gasteiger partial charge is 0.297 e. The summed E-state index contributed by atoms with van der Waals surface area (Å²) in [7, 11) is 0. The van der Waals surface area contributed by atoms with Crippen molar-refractivity contribution in [2.45, 2.75) is 39.4 Å². The number of hydrogen-bond acceptors (Lipinski definition) is 2. The van der Waals surface area contributed by atoms with E-state index in [1.54, 1.807) is 0 Å². The molecule has 0 aliphatic carbocycles. The molecule has 1 saturated heterocycles. The molecule has 0 bridgehead atoms. The lowest BCUT2D eigenvalue weighted by atomic mass is 9.83. The fraction of sp³-hybridized carbons (Fsp3) is 0.562. The quantitative estimate of drug-likeness (QED) is 0.833. The van der Waals surface area contributed by atoms with Crippen LogP contribution in [0.25, 0.3) is 0 Å². The molecule has 2 atom stereocenters. The van der Waals surface area contributed by atoms with Gasteiger partial charge in [0.25, 0.3) is 0 Å². The Kier molecular flexibility index (Phi) is 4.04. The smallest absolute Gasteiger partial charge is 0.159 e. The second-order valence-electron chi connectivity index (χ2n) is 6.31. The van der Waals surface area contributed by atoms with Crippen LogP contribution in [-0.2, 0) is 4.79 Å². The third-order valence-corrected chi connectivity index (χ3v) is 3.63. The first-order valence-electron chi connectivity index (χ1n) is 6.87. The number of carbonyl (C=O) groups excluding carboxylic acids is 1. The Morgan fingerprint density at radius 2 is 1.95 bits per heavy atom. The summed E-state index contributed by atoms with van der Waals surface area (Å²) in [6, 6.07) is 9.40. The maximum absolute atomic E-state index is 13.5. The SMILES string of the molecule is CC(C)(C)C(=O)[C@@H](c1ccccc1)N1CC[C@H](F)C1. The zero-order valence-corrected chi connectivity index (χ0v) is 11.9. The zero-order valence-electron chi connectivity index (χ0n) is 11.9. The van der Waals surface area contributed by atoms with E-state index in [1.807, 2.05) is 56.0 Å². The van der Waals surface area contributed by atoms with Crippen LogP contribution >= 0.6 is 0 Å². The van der Waals surface area contributed by atoms with Crippen LogP contribution in [0.3, 0.4) is 0 Å². The molecule has 1 aliphatic rings. The molecule has 1 aromatic carbocycles. The molecule has 1 heterocycles. The number of likely N-dealkylation sites (tertiary alicyclic amines) is 1. The van der Waals surface area contributed by atoms with E-state index < -0.39 is 11.6 Å². The normalized spacial score (nSPS) is 22.4. The fourth-order valence-electron chi connectivity index (χ4n) is 2.55. The van der Waals surface area contributed by atoms with Gasteiger partial charge in [0.15, 0.2) is 5.78 Å². The van der Waals surface area contributed by atoms with Crippen molar-refractivity contribution in [2.75, 3.05) is 13.1 Å². The van der Waals surface area contributed by atoms with Crippen molar-refractivity contribution in [2.24, 2.45) is 5.41 Å². The van der Waals surface area contributed by atoms with E-state index in [4.69, 9.17) is 0 Å². The third kappa shape index (κ3) is 3.21. The standard InChI is InChI=1S/C16H22FNO/c1-16(2,3)15(19)14(12-7-5-4-6-8-12)18-10-9-13(17)11-18/h4-8,13-14H,9-11H2,1-3H3/t13-,14+/m0/s1. The average Bonchev–Trinajstić information content (AvgIpc) is 2.76. The van der Waals surface area contributed by atoms with Gasteiger partial charge in [0, 0.05) is 18.5 Å². The fourth-order valence-corrected chi connectivity index (χ4v) is 2.55. The van der Waals surface area contributed by atoms with Gasteiger partial charge >= 0.3 is 0 Å². The Hall–Kier alpha value is -1.22. The Morgan fingerprint density at radius 1 is 1.32 bits per heavy atom. The van der Waals surface area contributed by atoms with Gasteiger partial charge in [0.05, 0.1) is 6.04 Å². The molecule has 0 unspecified atom stereocenters. The lowest BCUT2D eigenvalue weighted by Crippen LogP contribution is -2.38. The maximum atomic E-state index is 13.5.